The van der Waals surface area contributed by atoms with Crippen LogP contribution in [-0.4, -0.2) is 34.7 Å². The van der Waals surface area contributed by atoms with Crippen LogP contribution < -0.4 is 5.48 Å². The zero-order valence-electron chi connectivity index (χ0n) is 15.1. The van der Waals surface area contributed by atoms with E-state index in [2.05, 4.69) is 9.94 Å². The highest BCUT2D eigenvalue weighted by Crippen LogP contribution is 2.50. The predicted molar refractivity (Wildman–Crippen MR) is 102 cm³/mol. The molecule has 3 rings (SSSR count). The van der Waals surface area contributed by atoms with Gasteiger partial charge in [-0.1, -0.05) is 42.1 Å². The maximum atomic E-state index is 14.4. The molecule has 29 heavy (non-hydrogen) atoms. The van der Waals surface area contributed by atoms with E-state index in [9.17, 15) is 23.1 Å². The Labute approximate surface area is 169 Å². The van der Waals surface area contributed by atoms with Crippen LogP contribution in [0, 0.1) is 11.6 Å². The van der Waals surface area contributed by atoms with E-state index in [0.717, 1.165) is 35.0 Å². The lowest BCUT2D eigenvalue weighted by molar-refractivity contribution is -0.00906. The summed E-state index contributed by atoms with van der Waals surface area (Å²) in [5.74, 6) is -1.36. The van der Waals surface area contributed by atoms with Gasteiger partial charge in [-0.05, 0) is 36.6 Å². The number of hydroxylamine groups is 1. The molecule has 1 heterocycles. The normalized spacial score (nSPS) is 18.6. The maximum Gasteiger partial charge on any atom is 0.363 e. The largest absolute Gasteiger partial charge is 0.396 e. The van der Waals surface area contributed by atoms with Crippen molar-refractivity contribution < 1.29 is 27.9 Å². The number of rotatable bonds is 7. The molecule has 1 aliphatic rings. The Morgan fingerprint density at radius 2 is 2.00 bits per heavy atom. The van der Waals surface area contributed by atoms with Crippen LogP contribution in [0.15, 0.2) is 53.6 Å². The Balaban J connectivity index is 2.10. The quantitative estimate of drug-likeness (QED) is 0.661. The number of nitrogens with zero attached hydrogens (tertiary/aromatic N) is 2. The molecule has 10 heteroatoms. The number of carbonyl (C=O) groups is 1. The molecule has 2 aromatic rings. The molecule has 0 fully saturated rings. The van der Waals surface area contributed by atoms with Gasteiger partial charge in [-0.25, -0.2) is 28.3 Å². The number of carbonyl (C=O) groups excluding carboxylic acids is 1. The van der Waals surface area contributed by atoms with Crippen LogP contribution in [0.2, 0.25) is 0 Å². The van der Waals surface area contributed by atoms with Gasteiger partial charge in [-0.3, -0.25) is 0 Å². The molecule has 2 aromatic carbocycles. The summed E-state index contributed by atoms with van der Waals surface area (Å²) in [6, 6.07) is 10.9. The van der Waals surface area contributed by atoms with Crippen LogP contribution in [0.3, 0.4) is 0 Å². The fraction of sp³-hybridized carbons (Fsp3) is 0.263. The number of hydrazone groups is 1. The molecular weight excluding hydrogens is 407 g/mol. The molecule has 1 atom stereocenters. The van der Waals surface area contributed by atoms with Gasteiger partial charge in [-0.2, -0.15) is 10.1 Å². The topological polar surface area (TPSA) is 74.2 Å². The van der Waals surface area contributed by atoms with Crippen molar-refractivity contribution >= 4 is 22.8 Å². The van der Waals surface area contributed by atoms with Gasteiger partial charge in [0, 0.05) is 12.2 Å². The molecule has 154 valence electrons. The first kappa shape index (κ1) is 21.2. The van der Waals surface area contributed by atoms with Crippen molar-refractivity contribution in [3.8, 4) is 0 Å². The minimum atomic E-state index is -1.25. The van der Waals surface area contributed by atoms with Crippen molar-refractivity contribution in [2.75, 3.05) is 13.5 Å². The Bertz CT molecular complexity index is 901. The van der Waals surface area contributed by atoms with Gasteiger partial charge in [0.25, 0.3) is 0 Å². The van der Waals surface area contributed by atoms with Crippen molar-refractivity contribution in [2.45, 2.75) is 17.7 Å². The van der Waals surface area contributed by atoms with Crippen molar-refractivity contribution in [1.29, 1.82) is 0 Å². The van der Waals surface area contributed by atoms with E-state index < -0.39 is 29.4 Å². The monoisotopic (exact) mass is 425 g/mol. The van der Waals surface area contributed by atoms with Crippen molar-refractivity contribution in [2.24, 2.45) is 5.10 Å². The van der Waals surface area contributed by atoms with E-state index in [-0.39, 0.29) is 23.6 Å². The van der Waals surface area contributed by atoms with Gasteiger partial charge in [0.2, 0.25) is 6.86 Å². The average Bonchev–Trinajstić information content (AvgIpc) is 3.13. The molecule has 0 radical (unpaired) electrons. The van der Waals surface area contributed by atoms with E-state index in [1.165, 1.54) is 0 Å². The Kier molecular flexibility index (Phi) is 6.78. The van der Waals surface area contributed by atoms with Gasteiger partial charge in [-0.15, -0.1) is 0 Å². The summed E-state index contributed by atoms with van der Waals surface area (Å²) >= 11 is 1.05. The molecule has 2 N–H and O–H groups in total. The SMILES string of the molecule is O=C(NOCF)N1N=C(c2cc(F)ccc2F)SC1(CCCO)c1ccccc1. The van der Waals surface area contributed by atoms with Gasteiger partial charge in [0.1, 0.15) is 21.5 Å². The molecule has 2 amide bonds. The second kappa shape index (κ2) is 9.29. The summed E-state index contributed by atoms with van der Waals surface area (Å²) in [7, 11) is 0. The molecule has 6 nitrogen and oxygen atoms in total. The lowest BCUT2D eigenvalue weighted by atomic mass is 10.0. The highest BCUT2D eigenvalue weighted by atomic mass is 32.2. The third-order valence-electron chi connectivity index (χ3n) is 4.26. The van der Waals surface area contributed by atoms with Crippen LogP contribution in [0.5, 0.6) is 0 Å². The van der Waals surface area contributed by atoms with E-state index in [1.54, 1.807) is 30.3 Å². The second-order valence-electron chi connectivity index (χ2n) is 6.08. The summed E-state index contributed by atoms with van der Waals surface area (Å²) in [6.45, 7) is -1.41. The Morgan fingerprint density at radius 3 is 2.69 bits per heavy atom. The first-order valence-corrected chi connectivity index (χ1v) is 9.51. The number of aliphatic hydroxyl groups excluding tert-OH is 1. The lowest BCUT2D eigenvalue weighted by Crippen LogP contribution is -2.46. The molecule has 0 saturated heterocycles. The molecule has 0 spiro atoms. The zero-order chi connectivity index (χ0) is 20.9. The van der Waals surface area contributed by atoms with Crippen molar-refractivity contribution in [3.05, 3.63) is 71.3 Å². The number of hydrogen-bond donors (Lipinski definition) is 2. The number of urea groups is 1. The fourth-order valence-electron chi connectivity index (χ4n) is 3.01. The van der Waals surface area contributed by atoms with Crippen molar-refractivity contribution in [1.82, 2.24) is 10.5 Å². The van der Waals surface area contributed by atoms with Crippen LogP contribution in [0.4, 0.5) is 18.0 Å². The number of nitrogens with one attached hydrogen (secondary N) is 1. The average molecular weight is 425 g/mol. The fourth-order valence-corrected chi connectivity index (χ4v) is 4.43. The number of benzene rings is 2. The number of halogens is 3. The highest BCUT2D eigenvalue weighted by molar-refractivity contribution is 8.15. The molecule has 0 bridgehead atoms. The van der Waals surface area contributed by atoms with E-state index >= 15 is 0 Å². The number of hydrogen-bond acceptors (Lipinski definition) is 5. The first-order valence-electron chi connectivity index (χ1n) is 8.69. The number of amides is 2. The van der Waals surface area contributed by atoms with Gasteiger partial charge in [0.15, 0.2) is 0 Å². The van der Waals surface area contributed by atoms with Gasteiger partial charge < -0.3 is 5.11 Å². The standard InChI is InChI=1S/C19H18F3N3O3S/c20-12-28-24-18(27)25-19(9-4-10-26,13-5-2-1-3-6-13)29-17(23-25)15-11-14(21)7-8-16(15)22/h1-3,5-8,11,26H,4,9-10,12H2,(H,24,27). The third kappa shape index (κ3) is 4.39. The second-order valence-corrected chi connectivity index (χ2v) is 7.35. The summed E-state index contributed by atoms with van der Waals surface area (Å²) in [6.07, 6.45) is 0.537. The van der Waals surface area contributed by atoms with E-state index in [1.807, 2.05) is 5.48 Å². The number of thioether (sulfide) groups is 1. The molecule has 0 aliphatic carbocycles. The van der Waals surface area contributed by atoms with Crippen LogP contribution in [-0.2, 0) is 9.71 Å². The van der Waals surface area contributed by atoms with Gasteiger partial charge >= 0.3 is 6.03 Å². The zero-order valence-corrected chi connectivity index (χ0v) is 16.0. The van der Waals surface area contributed by atoms with Crippen LogP contribution in [0.1, 0.15) is 24.0 Å². The molecule has 1 unspecified atom stereocenters. The smallest absolute Gasteiger partial charge is 0.363 e. The van der Waals surface area contributed by atoms with Crippen molar-refractivity contribution in [3.63, 3.8) is 0 Å². The highest BCUT2D eigenvalue weighted by Gasteiger charge is 2.49. The molecule has 1 aliphatic heterocycles. The minimum Gasteiger partial charge on any atom is -0.396 e. The van der Waals surface area contributed by atoms with Crippen LogP contribution in [0.25, 0.3) is 0 Å². The molecular formula is C19H18F3N3O3S. The van der Waals surface area contributed by atoms with Gasteiger partial charge in [0.05, 0.1) is 0 Å². The summed E-state index contributed by atoms with van der Waals surface area (Å²) in [4.78, 5) is 15.8. The first-order chi connectivity index (χ1) is 14.0. The summed E-state index contributed by atoms with van der Waals surface area (Å²) in [5.41, 5.74) is 2.47. The summed E-state index contributed by atoms with van der Waals surface area (Å²) < 4.78 is 40.5. The molecule has 0 aromatic heterocycles. The van der Waals surface area contributed by atoms with Crippen LogP contribution >= 0.6 is 11.8 Å². The Morgan fingerprint density at radius 1 is 1.24 bits per heavy atom. The predicted octanol–water partition coefficient (Wildman–Crippen LogP) is 3.87. The van der Waals surface area contributed by atoms with E-state index in [0.29, 0.717) is 12.0 Å². The Hall–Kier alpha value is -2.56. The number of alkyl halides is 1. The molecule has 0 saturated carbocycles. The summed E-state index contributed by atoms with van der Waals surface area (Å²) in [5, 5.41) is 14.7. The minimum absolute atomic E-state index is 0.0687. The third-order valence-corrected chi connectivity index (χ3v) is 5.71. The lowest BCUT2D eigenvalue weighted by Gasteiger charge is -2.35. The van der Waals surface area contributed by atoms with E-state index in [4.69, 9.17) is 0 Å². The maximum absolute atomic E-state index is 14.4. The number of aliphatic hydroxyl groups is 1.